The first-order valence-electron chi connectivity index (χ1n) is 8.12. The third-order valence-electron chi connectivity index (χ3n) is 4.79. The van der Waals surface area contributed by atoms with E-state index in [2.05, 4.69) is 72.1 Å². The number of benzene rings is 1. The molecule has 0 bridgehead atoms. The van der Waals surface area contributed by atoms with Crippen molar-refractivity contribution in [3.8, 4) is 0 Å². The van der Waals surface area contributed by atoms with Gasteiger partial charge in [0.15, 0.2) is 0 Å². The van der Waals surface area contributed by atoms with Crippen LogP contribution in [-0.2, 0) is 12.8 Å². The molecule has 1 aromatic carbocycles. The second-order valence-electron chi connectivity index (χ2n) is 7.08. The summed E-state index contributed by atoms with van der Waals surface area (Å²) in [5.41, 5.74) is 4.80. The van der Waals surface area contributed by atoms with Crippen molar-refractivity contribution in [1.82, 2.24) is 5.32 Å². The molecule has 0 radical (unpaired) electrons. The Balaban J connectivity index is 3.04. The van der Waals surface area contributed by atoms with E-state index in [1.54, 1.807) is 0 Å². The second-order valence-corrected chi connectivity index (χ2v) is 7.08. The van der Waals surface area contributed by atoms with Crippen LogP contribution in [0.25, 0.3) is 0 Å². The van der Waals surface area contributed by atoms with Crippen molar-refractivity contribution < 1.29 is 0 Å². The summed E-state index contributed by atoms with van der Waals surface area (Å²) in [7, 11) is 2.10. The maximum atomic E-state index is 3.55. The average molecular weight is 275 g/mol. The highest BCUT2D eigenvalue weighted by Gasteiger charge is 2.24. The molecule has 0 aromatic heterocycles. The van der Waals surface area contributed by atoms with Crippen LogP contribution in [0.5, 0.6) is 0 Å². The summed E-state index contributed by atoms with van der Waals surface area (Å²) in [5.74, 6) is 0.690. The van der Waals surface area contributed by atoms with Crippen molar-refractivity contribution in [2.75, 3.05) is 7.05 Å². The summed E-state index contributed by atoms with van der Waals surface area (Å²) in [4.78, 5) is 0. The lowest BCUT2D eigenvalue weighted by Crippen LogP contribution is -2.26. The lowest BCUT2D eigenvalue weighted by atomic mass is 9.77. The summed E-state index contributed by atoms with van der Waals surface area (Å²) in [6, 6.07) is 7.48. The Morgan fingerprint density at radius 2 is 1.75 bits per heavy atom. The van der Waals surface area contributed by atoms with Crippen molar-refractivity contribution in [2.45, 2.75) is 66.8 Å². The van der Waals surface area contributed by atoms with E-state index in [1.807, 2.05) is 0 Å². The minimum absolute atomic E-state index is 0.365. The lowest BCUT2D eigenvalue weighted by Gasteiger charge is -2.31. The van der Waals surface area contributed by atoms with Gasteiger partial charge in [-0.2, -0.15) is 0 Å². The highest BCUT2D eigenvalue weighted by atomic mass is 14.9. The highest BCUT2D eigenvalue weighted by molar-refractivity contribution is 5.34. The molecule has 0 heterocycles. The van der Waals surface area contributed by atoms with E-state index in [0.717, 1.165) is 12.8 Å². The molecular formula is C19H33N. The molecule has 114 valence electrons. The quantitative estimate of drug-likeness (QED) is 0.757. The van der Waals surface area contributed by atoms with Gasteiger partial charge in [0.05, 0.1) is 0 Å². The van der Waals surface area contributed by atoms with Gasteiger partial charge >= 0.3 is 0 Å². The van der Waals surface area contributed by atoms with Gasteiger partial charge in [-0.05, 0) is 54.3 Å². The Morgan fingerprint density at radius 1 is 1.10 bits per heavy atom. The predicted molar refractivity (Wildman–Crippen MR) is 90.2 cm³/mol. The van der Waals surface area contributed by atoms with Crippen molar-refractivity contribution in [1.29, 1.82) is 0 Å². The van der Waals surface area contributed by atoms with Crippen LogP contribution >= 0.6 is 0 Å². The minimum Gasteiger partial charge on any atom is -0.313 e. The van der Waals surface area contributed by atoms with Crippen LogP contribution in [0.1, 0.15) is 70.7 Å². The Labute approximate surface area is 126 Å². The topological polar surface area (TPSA) is 12.0 Å². The summed E-state index contributed by atoms with van der Waals surface area (Å²) in [6.07, 6.45) is 3.42. The van der Waals surface area contributed by atoms with Crippen molar-refractivity contribution in [3.63, 3.8) is 0 Å². The number of nitrogens with one attached hydrogen (secondary N) is 1. The van der Waals surface area contributed by atoms with E-state index in [4.69, 9.17) is 0 Å². The maximum absolute atomic E-state index is 3.55. The first-order chi connectivity index (χ1) is 9.33. The molecule has 0 aliphatic carbocycles. The van der Waals surface area contributed by atoms with Gasteiger partial charge in [0, 0.05) is 6.04 Å². The van der Waals surface area contributed by atoms with E-state index in [1.165, 1.54) is 23.1 Å². The molecule has 0 fully saturated rings. The summed E-state index contributed by atoms with van der Waals surface area (Å²) in [5, 5.41) is 3.55. The van der Waals surface area contributed by atoms with Crippen LogP contribution in [0.15, 0.2) is 18.2 Å². The van der Waals surface area contributed by atoms with Gasteiger partial charge in [-0.15, -0.1) is 0 Å². The van der Waals surface area contributed by atoms with E-state index in [0.29, 0.717) is 17.4 Å². The molecule has 0 saturated carbocycles. The first-order valence-corrected chi connectivity index (χ1v) is 8.12. The Bertz CT molecular complexity index is 414. The molecular weight excluding hydrogens is 242 g/mol. The van der Waals surface area contributed by atoms with Gasteiger partial charge in [0.2, 0.25) is 0 Å². The third-order valence-corrected chi connectivity index (χ3v) is 4.79. The van der Waals surface area contributed by atoms with Gasteiger partial charge < -0.3 is 5.32 Å². The number of hydrogen-bond donors (Lipinski definition) is 1. The summed E-state index contributed by atoms with van der Waals surface area (Å²) >= 11 is 0. The smallest absolute Gasteiger partial charge is 0.0323 e. The first kappa shape index (κ1) is 17.2. The molecule has 0 spiro atoms. The monoisotopic (exact) mass is 275 g/mol. The molecule has 2 unspecified atom stereocenters. The maximum Gasteiger partial charge on any atom is 0.0323 e. The van der Waals surface area contributed by atoms with Gasteiger partial charge in [-0.3, -0.25) is 0 Å². The number of hydrogen-bond acceptors (Lipinski definition) is 1. The normalized spacial score (nSPS) is 15.2. The van der Waals surface area contributed by atoms with Crippen molar-refractivity contribution in [2.24, 2.45) is 11.3 Å². The molecule has 0 aliphatic rings. The highest BCUT2D eigenvalue weighted by Crippen LogP contribution is 2.34. The summed E-state index contributed by atoms with van der Waals surface area (Å²) < 4.78 is 0. The van der Waals surface area contributed by atoms with Crippen LogP contribution in [0, 0.1) is 11.3 Å². The number of rotatable bonds is 6. The van der Waals surface area contributed by atoms with E-state index in [9.17, 15) is 0 Å². The van der Waals surface area contributed by atoms with Crippen LogP contribution in [0.4, 0.5) is 0 Å². The van der Waals surface area contributed by atoms with Crippen molar-refractivity contribution in [3.05, 3.63) is 34.9 Å². The van der Waals surface area contributed by atoms with Crippen LogP contribution < -0.4 is 5.32 Å². The van der Waals surface area contributed by atoms with Gasteiger partial charge in [0.25, 0.3) is 0 Å². The molecule has 0 aliphatic heterocycles. The average Bonchev–Trinajstić information content (AvgIpc) is 2.42. The fourth-order valence-electron chi connectivity index (χ4n) is 2.62. The zero-order valence-electron chi connectivity index (χ0n) is 14.5. The fraction of sp³-hybridized carbons (Fsp3) is 0.684. The molecule has 1 rings (SSSR count). The fourth-order valence-corrected chi connectivity index (χ4v) is 2.62. The van der Waals surface area contributed by atoms with Crippen molar-refractivity contribution >= 4 is 0 Å². The van der Waals surface area contributed by atoms with Crippen LogP contribution in [0.3, 0.4) is 0 Å². The zero-order valence-corrected chi connectivity index (χ0v) is 14.5. The Hall–Kier alpha value is -0.820. The largest absolute Gasteiger partial charge is 0.313 e. The summed E-state index contributed by atoms with van der Waals surface area (Å²) in [6.45, 7) is 13.9. The van der Waals surface area contributed by atoms with E-state index < -0.39 is 0 Å². The Kier molecular flexibility index (Phi) is 6.26. The van der Waals surface area contributed by atoms with Gasteiger partial charge in [-0.1, -0.05) is 59.7 Å². The molecule has 1 nitrogen and oxygen atoms in total. The van der Waals surface area contributed by atoms with Gasteiger partial charge in [0.1, 0.15) is 0 Å². The van der Waals surface area contributed by atoms with E-state index in [-0.39, 0.29) is 0 Å². The molecule has 1 aromatic rings. The SMILES string of the molecule is CCc1ccc(CC)c(C(CC(C)C(C)(C)C)NC)c1. The molecule has 20 heavy (non-hydrogen) atoms. The van der Waals surface area contributed by atoms with Crippen LogP contribution in [-0.4, -0.2) is 7.05 Å². The molecule has 0 saturated heterocycles. The Morgan fingerprint density at radius 3 is 2.20 bits per heavy atom. The molecule has 0 amide bonds. The molecule has 1 N–H and O–H groups in total. The second kappa shape index (κ2) is 7.26. The van der Waals surface area contributed by atoms with E-state index >= 15 is 0 Å². The third kappa shape index (κ3) is 4.34. The zero-order chi connectivity index (χ0) is 15.3. The molecule has 2 atom stereocenters. The molecule has 1 heteroatoms. The number of aryl methyl sites for hydroxylation is 2. The lowest BCUT2D eigenvalue weighted by molar-refractivity contribution is 0.226. The van der Waals surface area contributed by atoms with Gasteiger partial charge in [-0.25, -0.2) is 0 Å². The predicted octanol–water partition coefficient (Wildman–Crippen LogP) is 5.14. The minimum atomic E-state index is 0.365. The van der Waals surface area contributed by atoms with Crippen LogP contribution in [0.2, 0.25) is 0 Å². The standard InChI is InChI=1S/C19H33N/c1-8-15-10-11-16(9-2)17(13-15)18(20-7)12-14(3)19(4,5)6/h10-11,13-14,18,20H,8-9,12H2,1-7H3.